The molecule has 0 fully saturated rings. The zero-order valence-electron chi connectivity index (χ0n) is 16.4. The zero-order valence-corrected chi connectivity index (χ0v) is 18.0. The molecule has 0 radical (unpaired) electrons. The van der Waals surface area contributed by atoms with E-state index in [1.807, 2.05) is 12.1 Å². The van der Waals surface area contributed by atoms with E-state index in [1.54, 1.807) is 13.8 Å². The predicted octanol–water partition coefficient (Wildman–Crippen LogP) is 4.27. The van der Waals surface area contributed by atoms with Gasteiger partial charge in [-0.1, -0.05) is 0 Å². The number of carbonyl (C=O) groups is 2. The van der Waals surface area contributed by atoms with E-state index in [0.717, 1.165) is 12.1 Å². The minimum absolute atomic E-state index is 0. The molecule has 9 heteroatoms. The van der Waals surface area contributed by atoms with Crippen molar-refractivity contribution in [3.63, 3.8) is 0 Å². The van der Waals surface area contributed by atoms with E-state index in [9.17, 15) is 27.2 Å². The van der Waals surface area contributed by atoms with Gasteiger partial charge in [-0.3, -0.25) is 9.59 Å². The van der Waals surface area contributed by atoms with Crippen LogP contribution in [-0.4, -0.2) is 24.9 Å². The van der Waals surface area contributed by atoms with E-state index in [2.05, 4.69) is 0 Å². The Bertz CT molecular complexity index is 780. The van der Waals surface area contributed by atoms with Crippen LogP contribution in [0.2, 0.25) is 0 Å². The van der Waals surface area contributed by atoms with Crippen LogP contribution in [0.5, 0.6) is 0 Å². The van der Waals surface area contributed by atoms with E-state index in [0.29, 0.717) is 13.1 Å². The second-order valence-corrected chi connectivity index (χ2v) is 5.54. The third-order valence-electron chi connectivity index (χ3n) is 3.66. The van der Waals surface area contributed by atoms with Crippen LogP contribution in [0.4, 0.5) is 28.9 Å². The number of amides is 2. The first-order valence-electron chi connectivity index (χ1n) is 8.43. The topological polar surface area (TPSA) is 40.6 Å². The van der Waals surface area contributed by atoms with E-state index < -0.39 is 23.3 Å². The third kappa shape index (κ3) is 7.63. The maximum absolute atomic E-state index is 13.2. The molecule has 0 saturated heterocycles. The van der Waals surface area contributed by atoms with Gasteiger partial charge in [0.05, 0.1) is 0 Å². The summed E-state index contributed by atoms with van der Waals surface area (Å²) in [6.07, 6.45) is 0. The van der Waals surface area contributed by atoms with Gasteiger partial charge >= 0.3 is 21.7 Å². The van der Waals surface area contributed by atoms with E-state index >= 15 is 0 Å². The Morgan fingerprint density at radius 3 is 1.28 bits per heavy atom. The summed E-state index contributed by atoms with van der Waals surface area (Å²) >= 11 is 0. The molecule has 0 atom stereocenters. The van der Waals surface area contributed by atoms with Gasteiger partial charge in [-0.15, -0.1) is 36.4 Å². The first-order chi connectivity index (χ1) is 13.1. The fourth-order valence-electron chi connectivity index (χ4n) is 2.41. The fourth-order valence-corrected chi connectivity index (χ4v) is 2.41. The summed E-state index contributed by atoms with van der Waals surface area (Å²) in [5.41, 5.74) is 0.114. The molecule has 0 heterocycles. The van der Waals surface area contributed by atoms with E-state index in [4.69, 9.17) is 0 Å². The molecular formula is C20H20F4N2O2Ti. The Morgan fingerprint density at radius 2 is 1.07 bits per heavy atom. The summed E-state index contributed by atoms with van der Waals surface area (Å²) in [6.45, 7) is 6.75. The van der Waals surface area contributed by atoms with E-state index in [-0.39, 0.29) is 44.9 Å². The smallest absolute Gasteiger partial charge is 0.364 e. The predicted molar refractivity (Wildman–Crippen MR) is 97.8 cm³/mol. The van der Waals surface area contributed by atoms with Gasteiger partial charge in [0, 0.05) is 50.2 Å². The fraction of sp³-hybridized carbons (Fsp3) is 0.300. The number of anilines is 2. The van der Waals surface area contributed by atoms with Crippen LogP contribution in [-0.2, 0) is 31.3 Å². The van der Waals surface area contributed by atoms with Gasteiger partial charge in [-0.2, -0.15) is 0 Å². The summed E-state index contributed by atoms with van der Waals surface area (Å²) in [5.74, 6) is -3.81. The molecule has 4 nitrogen and oxygen atoms in total. The molecule has 0 aliphatic carbocycles. The maximum atomic E-state index is 13.2. The quantitative estimate of drug-likeness (QED) is 0.402. The van der Waals surface area contributed by atoms with Gasteiger partial charge in [0.1, 0.15) is 0 Å². The molecule has 2 aromatic rings. The summed E-state index contributed by atoms with van der Waals surface area (Å²) in [4.78, 5) is 24.6. The van der Waals surface area contributed by atoms with Gasteiger partial charge in [0.25, 0.3) is 0 Å². The molecule has 0 bridgehead atoms. The SMILES string of the molecule is CCN(C(C)=O)c1ccc(F)[c-]c1F.CCN(C(C)=O)c1ccc(F)[c-]c1F.[Ti+2]. The minimum atomic E-state index is -0.845. The average Bonchev–Trinajstić information content (AvgIpc) is 2.60. The number of halogens is 4. The molecule has 0 saturated carbocycles. The average molecular weight is 444 g/mol. The maximum Gasteiger partial charge on any atom is 2.00 e. The molecule has 0 aliphatic rings. The molecule has 29 heavy (non-hydrogen) atoms. The Morgan fingerprint density at radius 1 is 0.759 bits per heavy atom. The molecule has 2 rings (SSSR count). The van der Waals surface area contributed by atoms with Crippen LogP contribution in [0.15, 0.2) is 24.3 Å². The Hall–Kier alpha value is -2.19. The van der Waals surface area contributed by atoms with Gasteiger partial charge in [0.15, 0.2) is 0 Å². The zero-order chi connectivity index (χ0) is 21.4. The first kappa shape index (κ1) is 26.8. The molecule has 0 N–H and O–H groups in total. The van der Waals surface area contributed by atoms with Gasteiger partial charge in [-0.25, -0.2) is 17.6 Å². The molecule has 0 aliphatic heterocycles. The van der Waals surface area contributed by atoms with Gasteiger partial charge in [0.2, 0.25) is 11.8 Å². The number of hydrogen-bond acceptors (Lipinski definition) is 2. The van der Waals surface area contributed by atoms with Crippen molar-refractivity contribution in [1.82, 2.24) is 0 Å². The van der Waals surface area contributed by atoms with Crippen molar-refractivity contribution >= 4 is 23.2 Å². The standard InChI is InChI=1S/2C10H10F2NO.Ti/c2*1-3-13(7(2)14)10-5-4-8(11)6-9(10)12;/h2*4-5H,3H2,1-2H3;/q2*-1;+2. The minimum Gasteiger partial charge on any atom is -0.364 e. The Labute approximate surface area is 182 Å². The van der Waals surface area contributed by atoms with E-state index in [1.165, 1.54) is 35.8 Å². The van der Waals surface area contributed by atoms with Crippen molar-refractivity contribution in [3.05, 3.63) is 59.7 Å². The van der Waals surface area contributed by atoms with Crippen molar-refractivity contribution in [1.29, 1.82) is 0 Å². The van der Waals surface area contributed by atoms with Crippen LogP contribution in [0, 0.1) is 35.4 Å². The van der Waals surface area contributed by atoms with Crippen molar-refractivity contribution in [2.75, 3.05) is 22.9 Å². The summed E-state index contributed by atoms with van der Waals surface area (Å²) < 4.78 is 51.4. The number of hydrogen-bond donors (Lipinski definition) is 0. The molecule has 154 valence electrons. The van der Waals surface area contributed by atoms with Gasteiger partial charge < -0.3 is 9.80 Å². The molecule has 0 aromatic heterocycles. The van der Waals surface area contributed by atoms with Crippen molar-refractivity contribution in [2.24, 2.45) is 0 Å². The first-order valence-corrected chi connectivity index (χ1v) is 8.43. The Balaban J connectivity index is 0.000000523. The van der Waals surface area contributed by atoms with Crippen LogP contribution < -0.4 is 9.80 Å². The number of rotatable bonds is 4. The summed E-state index contributed by atoms with van der Waals surface area (Å²) in [5, 5.41) is 0. The largest absolute Gasteiger partial charge is 2.00 e. The molecule has 2 amide bonds. The molecule has 0 spiro atoms. The molecular weight excluding hydrogens is 424 g/mol. The molecule has 0 unspecified atom stereocenters. The second-order valence-electron chi connectivity index (χ2n) is 5.54. The van der Waals surface area contributed by atoms with Crippen molar-refractivity contribution in [2.45, 2.75) is 27.7 Å². The normalized spacial score (nSPS) is 9.66. The summed E-state index contributed by atoms with van der Waals surface area (Å²) in [7, 11) is 0. The van der Waals surface area contributed by atoms with Crippen LogP contribution in [0.25, 0.3) is 0 Å². The number of nitrogens with zero attached hydrogens (tertiary/aromatic N) is 2. The number of benzene rings is 2. The van der Waals surface area contributed by atoms with Gasteiger partial charge in [-0.05, 0) is 25.2 Å². The number of carbonyl (C=O) groups excluding carboxylic acids is 2. The third-order valence-corrected chi connectivity index (χ3v) is 3.66. The molecule has 2 aromatic carbocycles. The second kappa shape index (κ2) is 12.4. The van der Waals surface area contributed by atoms with Crippen LogP contribution >= 0.6 is 0 Å². The van der Waals surface area contributed by atoms with Crippen molar-refractivity contribution < 1.29 is 48.9 Å². The monoisotopic (exact) mass is 444 g/mol. The van der Waals surface area contributed by atoms with Crippen molar-refractivity contribution in [3.8, 4) is 0 Å². The Kier molecular flexibility index (Phi) is 11.5. The summed E-state index contributed by atoms with van der Waals surface area (Å²) in [6, 6.07) is 8.37. The van der Waals surface area contributed by atoms with Crippen LogP contribution in [0.3, 0.4) is 0 Å². The van der Waals surface area contributed by atoms with Crippen LogP contribution in [0.1, 0.15) is 27.7 Å².